The molecule has 1 rings (SSSR count). The Morgan fingerprint density at radius 1 is 0.724 bits per heavy atom. The number of hydrogen-bond acceptors (Lipinski definition) is 10. The number of hydrogen-bond donors (Lipinski definition) is 1. The molecule has 1 saturated heterocycles. The summed E-state index contributed by atoms with van der Waals surface area (Å²) in [5.74, 6) is -4.77. The maximum absolute atomic E-state index is 12.3. The first-order valence-corrected chi connectivity index (χ1v) is 9.43. The molecule has 0 spiro atoms. The molecule has 5 atom stereocenters. The summed E-state index contributed by atoms with van der Waals surface area (Å²) < 4.78 is 25.9. The van der Waals surface area contributed by atoms with Crippen molar-refractivity contribution >= 4 is 23.9 Å². The molecule has 0 amide bonds. The summed E-state index contributed by atoms with van der Waals surface area (Å²) in [6, 6.07) is 0. The second-order valence-electron chi connectivity index (χ2n) is 7.64. The van der Waals surface area contributed by atoms with Gasteiger partial charge < -0.3 is 28.8 Å². The van der Waals surface area contributed by atoms with Gasteiger partial charge in [-0.15, -0.1) is 0 Å². The molecule has 0 aromatic heterocycles. The number of aliphatic hydroxyl groups is 1. The molecule has 0 aromatic rings. The molecule has 166 valence electrons. The Hall–Kier alpha value is -2.20. The highest BCUT2D eigenvalue weighted by Crippen LogP contribution is 2.30. The fraction of sp³-hybridized carbons (Fsp3) is 0.789. The fourth-order valence-corrected chi connectivity index (χ4v) is 2.33. The van der Waals surface area contributed by atoms with Gasteiger partial charge in [0.2, 0.25) is 0 Å². The van der Waals surface area contributed by atoms with Crippen LogP contribution in [0.15, 0.2) is 0 Å². The van der Waals surface area contributed by atoms with Crippen molar-refractivity contribution in [2.75, 3.05) is 7.11 Å². The lowest BCUT2D eigenvalue weighted by molar-refractivity contribution is -0.292. The minimum Gasteiger partial charge on any atom is -0.467 e. The van der Waals surface area contributed by atoms with Gasteiger partial charge in [-0.2, -0.15) is 0 Å². The van der Waals surface area contributed by atoms with Crippen LogP contribution in [0.2, 0.25) is 0 Å². The molecule has 1 heterocycles. The van der Waals surface area contributed by atoms with E-state index in [9.17, 15) is 24.3 Å². The molecule has 0 bridgehead atoms. The molecule has 0 aliphatic carbocycles. The van der Waals surface area contributed by atoms with Crippen LogP contribution in [-0.2, 0) is 42.9 Å². The minimum atomic E-state index is -1.82. The van der Waals surface area contributed by atoms with Crippen LogP contribution >= 0.6 is 0 Å². The van der Waals surface area contributed by atoms with E-state index in [1.54, 1.807) is 41.5 Å². The quantitative estimate of drug-likeness (QED) is 0.462. The van der Waals surface area contributed by atoms with Crippen molar-refractivity contribution in [2.24, 2.45) is 17.8 Å². The molecule has 0 radical (unpaired) electrons. The number of carbonyl (C=O) groups excluding carboxylic acids is 4. The Kier molecular flexibility index (Phi) is 9.03. The summed E-state index contributed by atoms with van der Waals surface area (Å²) in [5, 5.41) is 10.4. The number of ether oxygens (including phenoxy) is 5. The zero-order valence-electron chi connectivity index (χ0n) is 17.7. The molecule has 0 saturated carbocycles. The van der Waals surface area contributed by atoms with E-state index in [1.165, 1.54) is 0 Å². The minimum absolute atomic E-state index is 0.557. The second kappa shape index (κ2) is 10.5. The van der Waals surface area contributed by atoms with Gasteiger partial charge in [-0.3, -0.25) is 14.4 Å². The van der Waals surface area contributed by atoms with Gasteiger partial charge in [0, 0.05) is 0 Å². The zero-order valence-corrected chi connectivity index (χ0v) is 17.7. The van der Waals surface area contributed by atoms with E-state index in [1.807, 2.05) is 0 Å². The summed E-state index contributed by atoms with van der Waals surface area (Å²) in [4.78, 5) is 48.7. The normalized spacial score (nSPS) is 26.9. The topological polar surface area (TPSA) is 135 Å². The molecule has 1 aliphatic heterocycles. The summed E-state index contributed by atoms with van der Waals surface area (Å²) in [6.07, 6.45) is -7.90. The third-order valence-electron chi connectivity index (χ3n) is 4.12. The standard InChI is InChI=1S/C19H30O10/c1-8(2)15(20)26-11-12(27-16(21)9(3)4)14(28-17(22)10(5)6)19(24)29-13(11)18(23)25-7/h8-14,19,24H,1-7H3. The first-order valence-electron chi connectivity index (χ1n) is 9.43. The Labute approximate surface area is 169 Å². The predicted molar refractivity (Wildman–Crippen MR) is 97.0 cm³/mol. The van der Waals surface area contributed by atoms with Crippen LogP contribution in [0, 0.1) is 17.8 Å². The van der Waals surface area contributed by atoms with Crippen LogP contribution in [0.1, 0.15) is 41.5 Å². The SMILES string of the molecule is COC(=O)C1OC(O)C(OC(=O)C(C)C)C(OC(=O)C(C)C)C1OC(=O)C(C)C. The Morgan fingerprint density at radius 3 is 1.48 bits per heavy atom. The first kappa shape index (κ1) is 24.8. The molecule has 1 aliphatic rings. The van der Waals surface area contributed by atoms with Crippen molar-refractivity contribution in [3.05, 3.63) is 0 Å². The lowest BCUT2D eigenvalue weighted by Gasteiger charge is -2.42. The van der Waals surface area contributed by atoms with Gasteiger partial charge in [0.1, 0.15) is 0 Å². The molecular formula is C19H30O10. The number of esters is 4. The summed E-state index contributed by atoms with van der Waals surface area (Å²) in [5.41, 5.74) is 0. The molecule has 0 aromatic carbocycles. The Bertz CT molecular complexity index is 612. The molecule has 10 heteroatoms. The third kappa shape index (κ3) is 6.40. The summed E-state index contributed by atoms with van der Waals surface area (Å²) in [6.45, 7) is 9.42. The van der Waals surface area contributed by atoms with Crippen LogP contribution in [0.4, 0.5) is 0 Å². The lowest BCUT2D eigenvalue weighted by Crippen LogP contribution is -2.63. The van der Waals surface area contributed by atoms with E-state index in [2.05, 4.69) is 4.74 Å². The van der Waals surface area contributed by atoms with Gasteiger partial charge in [0.25, 0.3) is 0 Å². The van der Waals surface area contributed by atoms with Crippen molar-refractivity contribution in [3.63, 3.8) is 0 Å². The molecule has 29 heavy (non-hydrogen) atoms. The highest BCUT2D eigenvalue weighted by Gasteiger charge is 2.55. The van der Waals surface area contributed by atoms with E-state index < -0.39 is 72.3 Å². The van der Waals surface area contributed by atoms with Crippen LogP contribution in [0.3, 0.4) is 0 Å². The zero-order chi connectivity index (χ0) is 22.5. The molecule has 10 nitrogen and oxygen atoms in total. The van der Waals surface area contributed by atoms with Crippen LogP contribution < -0.4 is 0 Å². The number of aliphatic hydroxyl groups excluding tert-OH is 1. The summed E-state index contributed by atoms with van der Waals surface area (Å²) >= 11 is 0. The van der Waals surface area contributed by atoms with Gasteiger partial charge in [-0.05, 0) is 0 Å². The Morgan fingerprint density at radius 2 is 1.10 bits per heavy atom. The van der Waals surface area contributed by atoms with Gasteiger partial charge >= 0.3 is 23.9 Å². The highest BCUT2D eigenvalue weighted by atomic mass is 16.7. The maximum Gasteiger partial charge on any atom is 0.339 e. The number of rotatable bonds is 7. The van der Waals surface area contributed by atoms with E-state index in [4.69, 9.17) is 18.9 Å². The number of methoxy groups -OCH3 is 1. The van der Waals surface area contributed by atoms with E-state index in [0.29, 0.717) is 0 Å². The lowest BCUT2D eigenvalue weighted by atomic mass is 9.97. The van der Waals surface area contributed by atoms with Crippen LogP contribution in [0.25, 0.3) is 0 Å². The fourth-order valence-electron chi connectivity index (χ4n) is 2.33. The predicted octanol–water partition coefficient (Wildman–Crippen LogP) is 0.580. The molecule has 1 fully saturated rings. The Balaban J connectivity index is 3.37. The average molecular weight is 418 g/mol. The van der Waals surface area contributed by atoms with Crippen LogP contribution in [0.5, 0.6) is 0 Å². The monoisotopic (exact) mass is 418 g/mol. The third-order valence-corrected chi connectivity index (χ3v) is 4.12. The van der Waals surface area contributed by atoms with Crippen molar-refractivity contribution in [3.8, 4) is 0 Å². The van der Waals surface area contributed by atoms with E-state index >= 15 is 0 Å². The van der Waals surface area contributed by atoms with Crippen molar-refractivity contribution in [1.82, 2.24) is 0 Å². The van der Waals surface area contributed by atoms with Crippen molar-refractivity contribution < 1.29 is 48.0 Å². The molecular weight excluding hydrogens is 388 g/mol. The van der Waals surface area contributed by atoms with Crippen molar-refractivity contribution in [1.29, 1.82) is 0 Å². The largest absolute Gasteiger partial charge is 0.467 e. The summed E-state index contributed by atoms with van der Waals surface area (Å²) in [7, 11) is 1.08. The highest BCUT2D eigenvalue weighted by molar-refractivity contribution is 5.78. The molecule has 1 N–H and O–H groups in total. The average Bonchev–Trinajstić information content (AvgIpc) is 2.64. The van der Waals surface area contributed by atoms with Gasteiger partial charge in [-0.1, -0.05) is 41.5 Å². The van der Waals surface area contributed by atoms with Gasteiger partial charge in [0.15, 0.2) is 30.7 Å². The first-order chi connectivity index (χ1) is 13.4. The number of carbonyl (C=O) groups is 4. The smallest absolute Gasteiger partial charge is 0.339 e. The van der Waals surface area contributed by atoms with Crippen molar-refractivity contribution in [2.45, 2.75) is 72.2 Å². The van der Waals surface area contributed by atoms with E-state index in [0.717, 1.165) is 7.11 Å². The van der Waals surface area contributed by atoms with Crippen LogP contribution in [-0.4, -0.2) is 66.8 Å². The van der Waals surface area contributed by atoms with Gasteiger partial charge in [-0.25, -0.2) is 4.79 Å². The maximum atomic E-state index is 12.3. The van der Waals surface area contributed by atoms with Gasteiger partial charge in [0.05, 0.1) is 24.9 Å². The second-order valence-corrected chi connectivity index (χ2v) is 7.64. The molecule has 5 unspecified atom stereocenters. The van der Waals surface area contributed by atoms with E-state index in [-0.39, 0.29) is 0 Å².